The first kappa shape index (κ1) is 14.8. The van der Waals surface area contributed by atoms with Crippen molar-refractivity contribution in [2.24, 2.45) is 0 Å². The van der Waals surface area contributed by atoms with E-state index in [0.717, 1.165) is 4.90 Å². The van der Waals surface area contributed by atoms with Crippen molar-refractivity contribution in [3.05, 3.63) is 29.1 Å². The van der Waals surface area contributed by atoms with Gasteiger partial charge in [0.25, 0.3) is 5.91 Å². The average molecular weight is 326 g/mol. The van der Waals surface area contributed by atoms with Crippen molar-refractivity contribution in [3.8, 4) is 5.75 Å². The Kier molecular flexibility index (Phi) is 4.61. The third kappa shape index (κ3) is 2.95. The lowest BCUT2D eigenvalue weighted by Gasteiger charge is -2.19. The number of benzene rings is 1. The highest BCUT2D eigenvalue weighted by molar-refractivity contribution is 9.09. The summed E-state index contributed by atoms with van der Waals surface area (Å²) in [4.78, 5) is 12.9. The lowest BCUT2D eigenvalue weighted by atomic mass is 10.1. The van der Waals surface area contributed by atoms with Gasteiger partial charge in [-0.15, -0.1) is 0 Å². The van der Waals surface area contributed by atoms with Crippen LogP contribution in [0.25, 0.3) is 0 Å². The first-order valence-electron chi connectivity index (χ1n) is 5.01. The predicted octanol–water partition coefficient (Wildman–Crippen LogP) is 2.66. The van der Waals surface area contributed by atoms with Crippen LogP contribution in [-0.4, -0.2) is 34.3 Å². The van der Waals surface area contributed by atoms with E-state index in [2.05, 4.69) is 15.9 Å². The molecule has 0 fully saturated rings. The van der Waals surface area contributed by atoms with Crippen LogP contribution in [0.5, 0.6) is 5.75 Å². The van der Waals surface area contributed by atoms with Crippen LogP contribution in [-0.2, 0) is 0 Å². The van der Waals surface area contributed by atoms with Crippen LogP contribution in [0.3, 0.4) is 0 Å². The zero-order valence-electron chi connectivity index (χ0n) is 9.68. The zero-order chi connectivity index (χ0) is 14.0. The molecular weight excluding hydrogens is 315 g/mol. The van der Waals surface area contributed by atoms with Gasteiger partial charge < -0.3 is 10.0 Å². The number of phenolic OH excluding ortho intramolecular Hbond substituents is 1. The van der Waals surface area contributed by atoms with Crippen LogP contribution in [0.2, 0.25) is 0 Å². The standard InChI is InChI=1S/C11H11BrF3NO2/c1-5(12)4-16(2)11(18)6-3-7(13)9(15)10(17)8(6)14/h3,5,17H,4H2,1-2H3. The Labute approximate surface area is 110 Å². The molecule has 0 aromatic heterocycles. The van der Waals surface area contributed by atoms with E-state index >= 15 is 0 Å². The molecule has 1 unspecified atom stereocenters. The smallest absolute Gasteiger partial charge is 0.256 e. The molecule has 0 aliphatic rings. The fraction of sp³-hybridized carbons (Fsp3) is 0.364. The monoisotopic (exact) mass is 325 g/mol. The minimum atomic E-state index is -1.71. The molecule has 100 valence electrons. The molecule has 1 rings (SSSR count). The number of hydrogen-bond acceptors (Lipinski definition) is 2. The van der Waals surface area contributed by atoms with Crippen LogP contribution in [0.1, 0.15) is 17.3 Å². The Bertz CT molecular complexity index is 480. The van der Waals surface area contributed by atoms with E-state index in [1.165, 1.54) is 7.05 Å². The van der Waals surface area contributed by atoms with Gasteiger partial charge >= 0.3 is 0 Å². The molecule has 7 heteroatoms. The molecule has 0 aliphatic heterocycles. The quantitative estimate of drug-likeness (QED) is 0.685. The molecular formula is C11H11BrF3NO2. The highest BCUT2D eigenvalue weighted by atomic mass is 79.9. The number of halogens is 4. The Morgan fingerprint density at radius 2 is 2.00 bits per heavy atom. The molecule has 0 saturated carbocycles. The first-order valence-corrected chi connectivity index (χ1v) is 5.93. The molecule has 0 saturated heterocycles. The average Bonchev–Trinajstić information content (AvgIpc) is 2.29. The van der Waals surface area contributed by atoms with Crippen molar-refractivity contribution in [1.29, 1.82) is 0 Å². The van der Waals surface area contributed by atoms with Crippen LogP contribution in [0.15, 0.2) is 6.07 Å². The van der Waals surface area contributed by atoms with E-state index < -0.39 is 34.7 Å². The highest BCUT2D eigenvalue weighted by Crippen LogP contribution is 2.26. The number of carbonyl (C=O) groups is 1. The normalized spacial score (nSPS) is 12.3. The third-order valence-electron chi connectivity index (χ3n) is 2.24. The zero-order valence-corrected chi connectivity index (χ0v) is 11.3. The maximum absolute atomic E-state index is 13.5. The van der Waals surface area contributed by atoms with Crippen LogP contribution >= 0.6 is 15.9 Å². The molecule has 18 heavy (non-hydrogen) atoms. The summed E-state index contributed by atoms with van der Waals surface area (Å²) in [5.41, 5.74) is -0.706. The van der Waals surface area contributed by atoms with E-state index in [4.69, 9.17) is 5.11 Å². The van der Waals surface area contributed by atoms with Gasteiger partial charge in [0.15, 0.2) is 17.4 Å². The minimum Gasteiger partial charge on any atom is -0.503 e. The van der Waals surface area contributed by atoms with E-state index in [9.17, 15) is 18.0 Å². The second kappa shape index (κ2) is 5.60. The molecule has 0 aliphatic carbocycles. The van der Waals surface area contributed by atoms with Gasteiger partial charge in [0.05, 0.1) is 5.56 Å². The van der Waals surface area contributed by atoms with Crippen LogP contribution in [0, 0.1) is 17.5 Å². The van der Waals surface area contributed by atoms with Crippen molar-refractivity contribution < 1.29 is 23.1 Å². The summed E-state index contributed by atoms with van der Waals surface area (Å²) in [5, 5.41) is 9.01. The number of carbonyl (C=O) groups excluding carboxylic acids is 1. The molecule has 0 radical (unpaired) electrons. The van der Waals surface area contributed by atoms with Gasteiger partial charge in [-0.3, -0.25) is 4.79 Å². The first-order chi connectivity index (χ1) is 8.25. The number of nitrogens with zero attached hydrogens (tertiary/aromatic N) is 1. The van der Waals surface area contributed by atoms with E-state index in [1.54, 1.807) is 6.92 Å². The molecule has 0 heterocycles. The summed E-state index contributed by atoms with van der Waals surface area (Å²) in [5.74, 6) is -6.97. The second-order valence-corrected chi connectivity index (χ2v) is 5.41. The van der Waals surface area contributed by atoms with Crippen LogP contribution in [0.4, 0.5) is 13.2 Å². The number of alkyl halides is 1. The molecule has 1 amide bonds. The van der Waals surface area contributed by atoms with Gasteiger partial charge in [0.2, 0.25) is 5.82 Å². The van der Waals surface area contributed by atoms with Gasteiger partial charge in [0.1, 0.15) is 0 Å². The van der Waals surface area contributed by atoms with E-state index in [1.807, 2.05) is 0 Å². The van der Waals surface area contributed by atoms with Gasteiger partial charge in [-0.1, -0.05) is 22.9 Å². The highest BCUT2D eigenvalue weighted by Gasteiger charge is 2.24. The molecule has 1 N–H and O–H groups in total. The summed E-state index contributed by atoms with van der Waals surface area (Å²) < 4.78 is 39.3. The van der Waals surface area contributed by atoms with Gasteiger partial charge in [0, 0.05) is 18.4 Å². The Morgan fingerprint density at radius 1 is 1.44 bits per heavy atom. The summed E-state index contributed by atoms with van der Waals surface area (Å²) in [7, 11) is 1.39. The topological polar surface area (TPSA) is 40.5 Å². The molecule has 3 nitrogen and oxygen atoms in total. The summed E-state index contributed by atoms with van der Waals surface area (Å²) in [6.45, 7) is 2.01. The number of aromatic hydroxyl groups is 1. The number of phenols is 1. The maximum Gasteiger partial charge on any atom is 0.256 e. The second-order valence-electron chi connectivity index (χ2n) is 3.85. The predicted molar refractivity (Wildman–Crippen MR) is 63.3 cm³/mol. The number of hydrogen-bond donors (Lipinski definition) is 1. The molecule has 0 spiro atoms. The van der Waals surface area contributed by atoms with Crippen molar-refractivity contribution in [1.82, 2.24) is 4.90 Å². The van der Waals surface area contributed by atoms with Crippen molar-refractivity contribution >= 4 is 21.8 Å². The maximum atomic E-state index is 13.5. The number of amides is 1. The molecule has 1 atom stereocenters. The van der Waals surface area contributed by atoms with Crippen molar-refractivity contribution in [2.45, 2.75) is 11.8 Å². The van der Waals surface area contributed by atoms with Crippen LogP contribution < -0.4 is 0 Å². The number of rotatable bonds is 3. The molecule has 1 aromatic rings. The largest absolute Gasteiger partial charge is 0.503 e. The fourth-order valence-electron chi connectivity index (χ4n) is 1.41. The third-order valence-corrected chi connectivity index (χ3v) is 2.53. The van der Waals surface area contributed by atoms with Gasteiger partial charge in [-0.05, 0) is 6.07 Å². The minimum absolute atomic E-state index is 0.0478. The Morgan fingerprint density at radius 3 is 2.50 bits per heavy atom. The summed E-state index contributed by atoms with van der Waals surface area (Å²) >= 11 is 3.20. The Hall–Kier alpha value is -1.24. The van der Waals surface area contributed by atoms with Crippen molar-refractivity contribution in [2.75, 3.05) is 13.6 Å². The van der Waals surface area contributed by atoms with Gasteiger partial charge in [-0.2, -0.15) is 4.39 Å². The van der Waals surface area contributed by atoms with Gasteiger partial charge in [-0.25, -0.2) is 8.78 Å². The molecule has 0 bridgehead atoms. The Balaban J connectivity index is 3.14. The van der Waals surface area contributed by atoms with Crippen molar-refractivity contribution in [3.63, 3.8) is 0 Å². The van der Waals surface area contributed by atoms with E-state index in [-0.39, 0.29) is 11.4 Å². The van der Waals surface area contributed by atoms with E-state index in [0.29, 0.717) is 6.07 Å². The fourth-order valence-corrected chi connectivity index (χ4v) is 1.85. The summed E-state index contributed by atoms with van der Waals surface area (Å²) in [6, 6.07) is 0.433. The SMILES string of the molecule is CC(Br)CN(C)C(=O)c1cc(F)c(F)c(O)c1F. The lowest BCUT2D eigenvalue weighted by molar-refractivity contribution is 0.0791. The molecule has 1 aromatic carbocycles. The summed E-state index contributed by atoms with van der Waals surface area (Å²) in [6.07, 6.45) is 0. The lowest BCUT2D eigenvalue weighted by Crippen LogP contribution is -2.32.